The van der Waals surface area contributed by atoms with Gasteiger partial charge in [0.25, 0.3) is 0 Å². The number of imidazole rings is 1. The Morgan fingerprint density at radius 2 is 1.67 bits per heavy atom. The second kappa shape index (κ2) is 7.37. The molecule has 4 heteroatoms. The van der Waals surface area contributed by atoms with Crippen LogP contribution in [-0.2, 0) is 21.1 Å². The fraction of sp³-hybridized carbons (Fsp3) is 0. The third kappa shape index (κ3) is 3.37. The average molecular weight is 491 g/mol. The Bertz CT molecular complexity index is 918. The molecule has 24 heavy (non-hydrogen) atoms. The molecule has 0 N–H and O–H groups in total. The van der Waals surface area contributed by atoms with Crippen molar-refractivity contribution in [1.29, 1.82) is 0 Å². The summed E-state index contributed by atoms with van der Waals surface area (Å²) < 4.78 is 2.01. The number of para-hydroxylation sites is 1. The molecule has 0 aliphatic carbocycles. The first-order valence-electron chi connectivity index (χ1n) is 7.43. The molecule has 2 heterocycles. The van der Waals surface area contributed by atoms with Crippen LogP contribution in [0, 0.1) is 6.07 Å². The zero-order valence-electron chi connectivity index (χ0n) is 12.7. The van der Waals surface area contributed by atoms with Gasteiger partial charge in [0.15, 0.2) is 0 Å². The second-order valence-corrected chi connectivity index (χ2v) is 5.21. The Morgan fingerprint density at radius 3 is 2.46 bits per heavy atom. The van der Waals surface area contributed by atoms with E-state index in [1.54, 1.807) is 6.20 Å². The minimum Gasteiger partial charge on any atom is -0.316 e. The van der Waals surface area contributed by atoms with Crippen molar-refractivity contribution in [1.82, 2.24) is 14.5 Å². The van der Waals surface area contributed by atoms with Gasteiger partial charge in [0, 0.05) is 38.6 Å². The summed E-state index contributed by atoms with van der Waals surface area (Å²) in [5.74, 6) is 0. The smallest absolute Gasteiger partial charge is 0.0883 e. The van der Waals surface area contributed by atoms with E-state index in [1.165, 1.54) is 0 Å². The molecule has 0 aliphatic heterocycles. The number of pyridine rings is 1. The van der Waals surface area contributed by atoms with Gasteiger partial charge in [0.05, 0.1) is 12.0 Å². The molecule has 2 aromatic carbocycles. The van der Waals surface area contributed by atoms with E-state index in [0.717, 1.165) is 28.2 Å². The van der Waals surface area contributed by atoms with Crippen molar-refractivity contribution in [2.75, 3.05) is 0 Å². The molecule has 0 aliphatic rings. The van der Waals surface area contributed by atoms with Crippen molar-refractivity contribution < 1.29 is 21.1 Å². The maximum Gasteiger partial charge on any atom is 0.0883 e. The van der Waals surface area contributed by atoms with Gasteiger partial charge in [0.2, 0.25) is 0 Å². The van der Waals surface area contributed by atoms with Crippen molar-refractivity contribution in [2.45, 2.75) is 0 Å². The molecule has 0 unspecified atom stereocenters. The zero-order valence-corrected chi connectivity index (χ0v) is 15.0. The van der Waals surface area contributed by atoms with Gasteiger partial charge >= 0.3 is 0 Å². The van der Waals surface area contributed by atoms with E-state index < -0.39 is 0 Å². The molecule has 120 valence electrons. The normalized spacial score (nSPS) is 10.2. The van der Waals surface area contributed by atoms with Crippen LogP contribution in [0.15, 0.2) is 85.5 Å². The monoisotopic (exact) mass is 491 g/mol. The van der Waals surface area contributed by atoms with Crippen LogP contribution < -0.4 is 0 Å². The van der Waals surface area contributed by atoms with Crippen LogP contribution in [0.2, 0.25) is 0 Å². The van der Waals surface area contributed by atoms with E-state index in [2.05, 4.69) is 34.2 Å². The van der Waals surface area contributed by atoms with Crippen LogP contribution in [0.5, 0.6) is 0 Å². The predicted molar refractivity (Wildman–Crippen MR) is 91.1 cm³/mol. The molecule has 4 rings (SSSR count). The molecule has 2 aromatic heterocycles. The minimum atomic E-state index is 0. The maximum atomic E-state index is 4.51. The summed E-state index contributed by atoms with van der Waals surface area (Å²) in [6.07, 6.45) is 5.64. The molecular weight excluding hydrogens is 477 g/mol. The Morgan fingerprint density at radius 1 is 0.833 bits per heavy atom. The van der Waals surface area contributed by atoms with Crippen molar-refractivity contribution in [3.05, 3.63) is 91.5 Å². The average Bonchev–Trinajstić information content (AvgIpc) is 3.14. The zero-order chi connectivity index (χ0) is 15.5. The molecule has 0 radical (unpaired) electrons. The van der Waals surface area contributed by atoms with Crippen LogP contribution >= 0.6 is 0 Å². The fourth-order valence-electron chi connectivity index (χ4n) is 2.51. The van der Waals surface area contributed by atoms with Gasteiger partial charge in [0.1, 0.15) is 0 Å². The van der Waals surface area contributed by atoms with Gasteiger partial charge in [-0.2, -0.15) is 0 Å². The third-order valence-electron chi connectivity index (χ3n) is 3.68. The topological polar surface area (TPSA) is 30.7 Å². The SMILES string of the molecule is [Pt].[c-]1ccc(-c2ccccn2)cc1-c1cn(-c2ccccc2)cn1. The van der Waals surface area contributed by atoms with Crippen molar-refractivity contribution in [2.24, 2.45) is 0 Å². The number of hydrogen-bond acceptors (Lipinski definition) is 2. The summed E-state index contributed by atoms with van der Waals surface area (Å²) in [6.45, 7) is 0. The first kappa shape index (κ1) is 16.3. The first-order chi connectivity index (χ1) is 11.4. The molecule has 3 nitrogen and oxygen atoms in total. The molecule has 0 spiro atoms. The minimum absolute atomic E-state index is 0. The van der Waals surface area contributed by atoms with Gasteiger partial charge < -0.3 is 4.57 Å². The molecule has 0 saturated heterocycles. The van der Waals surface area contributed by atoms with Crippen LogP contribution in [-0.4, -0.2) is 14.5 Å². The van der Waals surface area contributed by atoms with Gasteiger partial charge in [-0.05, 0) is 30.5 Å². The third-order valence-corrected chi connectivity index (χ3v) is 3.68. The van der Waals surface area contributed by atoms with E-state index in [4.69, 9.17) is 0 Å². The molecule has 0 atom stereocenters. The number of nitrogens with zero attached hydrogens (tertiary/aromatic N) is 3. The van der Waals surface area contributed by atoms with E-state index in [9.17, 15) is 0 Å². The number of rotatable bonds is 3. The van der Waals surface area contributed by atoms with E-state index >= 15 is 0 Å². The molecule has 0 saturated carbocycles. The predicted octanol–water partition coefficient (Wildman–Crippen LogP) is 4.40. The Kier molecular flexibility index (Phi) is 5.02. The van der Waals surface area contributed by atoms with E-state index in [-0.39, 0.29) is 21.1 Å². The number of benzene rings is 2. The summed E-state index contributed by atoms with van der Waals surface area (Å²) in [5, 5.41) is 0. The van der Waals surface area contributed by atoms with Crippen molar-refractivity contribution >= 4 is 0 Å². The fourth-order valence-corrected chi connectivity index (χ4v) is 2.51. The summed E-state index contributed by atoms with van der Waals surface area (Å²) in [6, 6.07) is 25.3. The second-order valence-electron chi connectivity index (χ2n) is 5.21. The Hall–Kier alpha value is -2.51. The molecular formula is C20H14N3Pt-. The van der Waals surface area contributed by atoms with Gasteiger partial charge in [-0.15, -0.1) is 29.8 Å². The largest absolute Gasteiger partial charge is 0.316 e. The molecule has 0 amide bonds. The van der Waals surface area contributed by atoms with Crippen LogP contribution in [0.25, 0.3) is 28.2 Å². The van der Waals surface area contributed by atoms with Crippen LogP contribution in [0.1, 0.15) is 0 Å². The summed E-state index contributed by atoms with van der Waals surface area (Å²) in [4.78, 5) is 8.91. The Labute approximate surface area is 155 Å². The van der Waals surface area contributed by atoms with Crippen molar-refractivity contribution in [3.8, 4) is 28.2 Å². The van der Waals surface area contributed by atoms with Crippen molar-refractivity contribution in [3.63, 3.8) is 0 Å². The summed E-state index contributed by atoms with van der Waals surface area (Å²) in [5.41, 5.74) is 4.96. The van der Waals surface area contributed by atoms with E-state index in [0.29, 0.717) is 0 Å². The summed E-state index contributed by atoms with van der Waals surface area (Å²) >= 11 is 0. The van der Waals surface area contributed by atoms with Gasteiger partial charge in [-0.1, -0.05) is 29.8 Å². The maximum absolute atomic E-state index is 4.51. The molecule has 0 bridgehead atoms. The molecule has 4 aromatic rings. The standard InChI is InChI=1S/C20H14N3.Pt/c1-2-9-18(10-3-1)23-14-20(22-15-23)17-8-6-7-16(13-17)19-11-4-5-12-21-19;/h1-7,9-15H;/q-1;. The Balaban J connectivity index is 0.00000169. The number of aromatic nitrogens is 3. The van der Waals surface area contributed by atoms with Crippen LogP contribution in [0.3, 0.4) is 0 Å². The van der Waals surface area contributed by atoms with Crippen LogP contribution in [0.4, 0.5) is 0 Å². The van der Waals surface area contributed by atoms with Gasteiger partial charge in [-0.3, -0.25) is 9.97 Å². The number of hydrogen-bond donors (Lipinski definition) is 0. The first-order valence-corrected chi connectivity index (χ1v) is 7.43. The van der Waals surface area contributed by atoms with Gasteiger partial charge in [-0.25, -0.2) is 0 Å². The molecule has 0 fully saturated rings. The quantitative estimate of drug-likeness (QED) is 0.398. The van der Waals surface area contributed by atoms with E-state index in [1.807, 2.05) is 65.6 Å². The summed E-state index contributed by atoms with van der Waals surface area (Å²) in [7, 11) is 0.